The Kier molecular flexibility index (Phi) is 2.83. The summed E-state index contributed by atoms with van der Waals surface area (Å²) in [7, 11) is 1.31. The van der Waals surface area contributed by atoms with Crippen LogP contribution in [0.2, 0.25) is 0 Å². The first-order valence-electron chi connectivity index (χ1n) is 7.66. The molecule has 2 aromatic carbocycles. The minimum atomic E-state index is -0.714. The molecule has 0 spiro atoms. The number of benzene rings is 2. The SMILES string of the molecule is COC(=O)Oc1c2c(c(O)c3ccccc13)C1CCC2C1C. The molecular weight excluding hydrogens is 280 g/mol. The van der Waals surface area contributed by atoms with Crippen LogP contribution in [0.5, 0.6) is 11.5 Å². The van der Waals surface area contributed by atoms with Crippen molar-refractivity contribution < 1.29 is 19.4 Å². The van der Waals surface area contributed by atoms with Gasteiger partial charge in [0.15, 0.2) is 0 Å². The maximum atomic E-state index is 11.7. The Morgan fingerprint density at radius 1 is 1.14 bits per heavy atom. The topological polar surface area (TPSA) is 55.8 Å². The monoisotopic (exact) mass is 298 g/mol. The molecule has 2 aromatic rings. The second kappa shape index (κ2) is 4.63. The summed E-state index contributed by atoms with van der Waals surface area (Å²) < 4.78 is 10.2. The molecule has 3 atom stereocenters. The van der Waals surface area contributed by atoms with E-state index >= 15 is 0 Å². The van der Waals surface area contributed by atoms with Gasteiger partial charge >= 0.3 is 6.16 Å². The molecule has 114 valence electrons. The second-order valence-corrected chi connectivity index (χ2v) is 6.26. The van der Waals surface area contributed by atoms with Crippen molar-refractivity contribution in [3.05, 3.63) is 35.4 Å². The van der Waals surface area contributed by atoms with Crippen LogP contribution >= 0.6 is 0 Å². The molecule has 4 heteroatoms. The minimum absolute atomic E-state index is 0.343. The van der Waals surface area contributed by atoms with E-state index in [2.05, 4.69) is 11.7 Å². The fourth-order valence-electron chi connectivity index (χ4n) is 4.39. The Hall–Kier alpha value is -2.23. The van der Waals surface area contributed by atoms with Gasteiger partial charge < -0.3 is 14.6 Å². The van der Waals surface area contributed by atoms with Crippen LogP contribution in [-0.2, 0) is 4.74 Å². The predicted octanol–water partition coefficient (Wildman–Crippen LogP) is 4.30. The molecule has 2 aliphatic rings. The van der Waals surface area contributed by atoms with Crippen LogP contribution in [0.25, 0.3) is 10.8 Å². The molecule has 1 fully saturated rings. The summed E-state index contributed by atoms with van der Waals surface area (Å²) in [5, 5.41) is 12.3. The lowest BCUT2D eigenvalue weighted by atomic mass is 9.87. The number of ether oxygens (including phenoxy) is 2. The molecule has 0 aromatic heterocycles. The highest BCUT2D eigenvalue weighted by molar-refractivity contribution is 5.98. The van der Waals surface area contributed by atoms with E-state index in [1.54, 1.807) is 0 Å². The number of hydrogen-bond donors (Lipinski definition) is 1. The Bertz CT molecular complexity index is 780. The van der Waals surface area contributed by atoms with E-state index in [4.69, 9.17) is 4.74 Å². The van der Waals surface area contributed by atoms with Crippen molar-refractivity contribution in [2.24, 2.45) is 5.92 Å². The average molecular weight is 298 g/mol. The van der Waals surface area contributed by atoms with Gasteiger partial charge in [0, 0.05) is 21.9 Å². The van der Waals surface area contributed by atoms with E-state index in [1.807, 2.05) is 24.3 Å². The molecule has 0 aliphatic heterocycles. The molecule has 2 bridgehead atoms. The average Bonchev–Trinajstić information content (AvgIpc) is 3.04. The van der Waals surface area contributed by atoms with Crippen LogP contribution in [0, 0.1) is 5.92 Å². The molecule has 4 nitrogen and oxygen atoms in total. The minimum Gasteiger partial charge on any atom is -0.507 e. The van der Waals surface area contributed by atoms with Gasteiger partial charge in [-0.2, -0.15) is 0 Å². The zero-order chi connectivity index (χ0) is 15.4. The molecule has 0 saturated heterocycles. The number of methoxy groups -OCH3 is 1. The van der Waals surface area contributed by atoms with Gasteiger partial charge in [0.2, 0.25) is 0 Å². The molecule has 0 radical (unpaired) electrons. The summed E-state index contributed by atoms with van der Waals surface area (Å²) in [4.78, 5) is 11.7. The number of hydrogen-bond acceptors (Lipinski definition) is 4. The van der Waals surface area contributed by atoms with Crippen molar-refractivity contribution in [3.63, 3.8) is 0 Å². The zero-order valence-corrected chi connectivity index (χ0v) is 12.6. The molecule has 4 rings (SSSR count). The highest BCUT2D eigenvalue weighted by Gasteiger charge is 2.47. The lowest BCUT2D eigenvalue weighted by Gasteiger charge is -2.21. The fraction of sp³-hybridized carbons (Fsp3) is 0.389. The van der Waals surface area contributed by atoms with Crippen LogP contribution < -0.4 is 4.74 Å². The summed E-state index contributed by atoms with van der Waals surface area (Å²) >= 11 is 0. The number of phenols is 1. The highest BCUT2D eigenvalue weighted by atomic mass is 16.7. The van der Waals surface area contributed by atoms with Gasteiger partial charge in [0.05, 0.1) is 7.11 Å². The number of aromatic hydroxyl groups is 1. The Morgan fingerprint density at radius 2 is 1.77 bits per heavy atom. The molecule has 1 N–H and O–H groups in total. The summed E-state index contributed by atoms with van der Waals surface area (Å²) in [6.45, 7) is 2.22. The summed E-state index contributed by atoms with van der Waals surface area (Å²) in [6, 6.07) is 7.51. The van der Waals surface area contributed by atoms with Gasteiger partial charge in [0.25, 0.3) is 0 Å². The second-order valence-electron chi connectivity index (χ2n) is 6.26. The maximum absolute atomic E-state index is 11.7. The number of fused-ring (bicyclic) bond motifs is 6. The number of phenolic OH excluding ortho intramolecular Hbond substituents is 1. The molecular formula is C18H18O4. The van der Waals surface area contributed by atoms with Gasteiger partial charge in [0.1, 0.15) is 11.5 Å². The fourth-order valence-corrected chi connectivity index (χ4v) is 4.39. The summed E-state index contributed by atoms with van der Waals surface area (Å²) in [5.74, 6) is 2.08. The summed E-state index contributed by atoms with van der Waals surface area (Å²) in [5.41, 5.74) is 1.98. The van der Waals surface area contributed by atoms with E-state index in [9.17, 15) is 9.90 Å². The third kappa shape index (κ3) is 1.61. The van der Waals surface area contributed by atoms with Crippen molar-refractivity contribution in [1.82, 2.24) is 0 Å². The van der Waals surface area contributed by atoms with E-state index in [1.165, 1.54) is 7.11 Å². The molecule has 1 saturated carbocycles. The van der Waals surface area contributed by atoms with Crippen LogP contribution in [0.1, 0.15) is 42.7 Å². The highest BCUT2D eigenvalue weighted by Crippen LogP contribution is 2.63. The van der Waals surface area contributed by atoms with E-state index < -0.39 is 6.16 Å². The van der Waals surface area contributed by atoms with Crippen molar-refractivity contribution in [2.75, 3.05) is 7.11 Å². The van der Waals surface area contributed by atoms with E-state index in [0.717, 1.165) is 34.7 Å². The first-order chi connectivity index (χ1) is 10.6. The van der Waals surface area contributed by atoms with Crippen molar-refractivity contribution in [2.45, 2.75) is 31.6 Å². The Labute approximate surface area is 128 Å². The first kappa shape index (κ1) is 13.4. The van der Waals surface area contributed by atoms with Gasteiger partial charge in [-0.3, -0.25) is 0 Å². The molecule has 2 aliphatic carbocycles. The Morgan fingerprint density at radius 3 is 2.45 bits per heavy atom. The molecule has 22 heavy (non-hydrogen) atoms. The van der Waals surface area contributed by atoms with Crippen molar-refractivity contribution >= 4 is 16.9 Å². The summed E-state index contributed by atoms with van der Waals surface area (Å²) in [6.07, 6.45) is 1.45. The standard InChI is InChI=1S/C18H18O4/c1-9-10-7-8-11(9)15-14(10)16(19)12-5-3-4-6-13(12)17(15)22-18(20)21-2/h3-6,9-11,19H,7-8H2,1-2H3. The van der Waals surface area contributed by atoms with Crippen molar-refractivity contribution in [3.8, 4) is 11.5 Å². The van der Waals surface area contributed by atoms with Gasteiger partial charge in [-0.25, -0.2) is 4.79 Å². The Balaban J connectivity index is 2.05. The van der Waals surface area contributed by atoms with Crippen LogP contribution in [0.3, 0.4) is 0 Å². The lowest BCUT2D eigenvalue weighted by molar-refractivity contribution is 0.121. The normalized spacial score (nSPS) is 25.3. The lowest BCUT2D eigenvalue weighted by Crippen LogP contribution is -2.11. The van der Waals surface area contributed by atoms with E-state index in [0.29, 0.717) is 29.3 Å². The third-order valence-corrected chi connectivity index (χ3v) is 5.37. The smallest absolute Gasteiger partial charge is 0.507 e. The van der Waals surface area contributed by atoms with Crippen LogP contribution in [0.4, 0.5) is 4.79 Å². The maximum Gasteiger partial charge on any atom is 0.513 e. The number of rotatable bonds is 1. The number of carbonyl (C=O) groups excluding carboxylic acids is 1. The largest absolute Gasteiger partial charge is 0.513 e. The van der Waals surface area contributed by atoms with E-state index in [-0.39, 0.29) is 0 Å². The van der Waals surface area contributed by atoms with Crippen LogP contribution in [-0.4, -0.2) is 18.4 Å². The van der Waals surface area contributed by atoms with Gasteiger partial charge in [-0.1, -0.05) is 31.2 Å². The van der Waals surface area contributed by atoms with Crippen LogP contribution in [0.15, 0.2) is 24.3 Å². The third-order valence-electron chi connectivity index (χ3n) is 5.37. The molecule has 0 heterocycles. The van der Waals surface area contributed by atoms with Crippen molar-refractivity contribution in [1.29, 1.82) is 0 Å². The zero-order valence-electron chi connectivity index (χ0n) is 12.6. The predicted molar refractivity (Wildman–Crippen MR) is 82.5 cm³/mol. The first-order valence-corrected chi connectivity index (χ1v) is 7.66. The molecule has 3 unspecified atom stereocenters. The van der Waals surface area contributed by atoms with Gasteiger partial charge in [-0.15, -0.1) is 0 Å². The van der Waals surface area contributed by atoms with Gasteiger partial charge in [-0.05, 0) is 30.6 Å². The number of carbonyl (C=O) groups is 1. The quantitative estimate of drug-likeness (QED) is 0.630. The molecule has 0 amide bonds.